The van der Waals surface area contributed by atoms with Gasteiger partial charge in [-0.2, -0.15) is 4.31 Å². The fourth-order valence-electron chi connectivity index (χ4n) is 2.62. The van der Waals surface area contributed by atoms with Crippen LogP contribution in [0.2, 0.25) is 0 Å². The quantitative estimate of drug-likeness (QED) is 0.553. The van der Waals surface area contributed by atoms with Gasteiger partial charge in [-0.1, -0.05) is 54.1 Å². The highest BCUT2D eigenvalue weighted by Crippen LogP contribution is 2.24. The van der Waals surface area contributed by atoms with Gasteiger partial charge in [0.1, 0.15) is 0 Å². The molecule has 0 unspecified atom stereocenters. The lowest BCUT2D eigenvalue weighted by molar-refractivity contribution is -0.152. The zero-order valence-corrected chi connectivity index (χ0v) is 16.1. The number of hydrogen-bond donors (Lipinski definition) is 1. The Labute approximate surface area is 159 Å². The van der Waals surface area contributed by atoms with Crippen LogP contribution in [0.4, 0.5) is 0 Å². The molecule has 1 N–H and O–H groups in total. The minimum Gasteiger partial charge on any atom is -0.467 e. The van der Waals surface area contributed by atoms with Crippen molar-refractivity contribution in [3.05, 3.63) is 78.4 Å². The fraction of sp³-hybridized carbons (Fsp3) is 0.250. The van der Waals surface area contributed by atoms with E-state index >= 15 is 0 Å². The lowest BCUT2D eigenvalue weighted by Gasteiger charge is -2.31. The molecule has 2 rings (SSSR count). The van der Waals surface area contributed by atoms with Crippen LogP contribution < -0.4 is 0 Å². The second kappa shape index (κ2) is 8.94. The van der Waals surface area contributed by atoms with E-state index in [0.29, 0.717) is 5.56 Å². The number of sulfonamides is 1. The summed E-state index contributed by atoms with van der Waals surface area (Å²) in [4.78, 5) is 11.9. The molecule has 0 aliphatic heterocycles. The third-order valence-corrected chi connectivity index (χ3v) is 6.01. The van der Waals surface area contributed by atoms with Gasteiger partial charge >= 0.3 is 5.97 Å². The van der Waals surface area contributed by atoms with Gasteiger partial charge in [0.2, 0.25) is 10.0 Å². The number of aliphatic hydroxyl groups is 1. The van der Waals surface area contributed by atoms with Crippen LogP contribution in [0.3, 0.4) is 0 Å². The van der Waals surface area contributed by atoms with E-state index in [1.807, 2.05) is 13.0 Å². The SMILES string of the molecule is C=C[C@H]([C@H](O)C(=O)OC)N(Cc1ccccc1)S(=O)(=O)c1ccc(C)cc1. The molecule has 0 bridgehead atoms. The summed E-state index contributed by atoms with van der Waals surface area (Å²) in [5, 5.41) is 10.3. The standard InChI is InChI=1S/C20H23NO5S/c1-4-18(19(22)20(23)26-3)21(14-16-8-6-5-7-9-16)27(24,25)17-12-10-15(2)11-13-17/h4-13,18-19,22H,1,14H2,2-3H3/t18-,19+/m1/s1. The van der Waals surface area contributed by atoms with Gasteiger partial charge in [-0.3, -0.25) is 0 Å². The van der Waals surface area contributed by atoms with E-state index in [2.05, 4.69) is 11.3 Å². The highest BCUT2D eigenvalue weighted by Gasteiger charge is 2.37. The number of esters is 1. The number of ether oxygens (including phenoxy) is 1. The molecule has 0 radical (unpaired) electrons. The van der Waals surface area contributed by atoms with Crippen molar-refractivity contribution < 1.29 is 23.1 Å². The molecule has 6 nitrogen and oxygen atoms in total. The first kappa shape index (κ1) is 20.8. The van der Waals surface area contributed by atoms with Crippen molar-refractivity contribution in [2.24, 2.45) is 0 Å². The van der Waals surface area contributed by atoms with E-state index in [9.17, 15) is 18.3 Å². The van der Waals surface area contributed by atoms with Crippen LogP contribution in [0.5, 0.6) is 0 Å². The Balaban J connectivity index is 2.52. The highest BCUT2D eigenvalue weighted by atomic mass is 32.2. The summed E-state index contributed by atoms with van der Waals surface area (Å²) in [6.07, 6.45) is -0.465. The molecule has 0 saturated heterocycles. The maximum Gasteiger partial charge on any atom is 0.336 e. The van der Waals surface area contributed by atoms with E-state index in [4.69, 9.17) is 0 Å². The summed E-state index contributed by atoms with van der Waals surface area (Å²) >= 11 is 0. The zero-order chi connectivity index (χ0) is 20.0. The lowest BCUT2D eigenvalue weighted by Crippen LogP contribution is -2.48. The molecule has 27 heavy (non-hydrogen) atoms. The Hall–Kier alpha value is -2.48. The molecule has 0 fully saturated rings. The van der Waals surface area contributed by atoms with Crippen molar-refractivity contribution in [1.82, 2.24) is 4.31 Å². The minimum atomic E-state index is -4.02. The van der Waals surface area contributed by atoms with Crippen molar-refractivity contribution in [2.75, 3.05) is 7.11 Å². The number of methoxy groups -OCH3 is 1. The molecule has 7 heteroatoms. The van der Waals surface area contributed by atoms with Crippen LogP contribution in [-0.4, -0.2) is 43.1 Å². The van der Waals surface area contributed by atoms with Crippen LogP contribution in [0, 0.1) is 6.92 Å². The van der Waals surface area contributed by atoms with Crippen molar-refractivity contribution in [2.45, 2.75) is 30.5 Å². The van der Waals surface area contributed by atoms with Gasteiger partial charge in [0.05, 0.1) is 18.0 Å². The van der Waals surface area contributed by atoms with Gasteiger partial charge < -0.3 is 9.84 Å². The average Bonchev–Trinajstić information content (AvgIpc) is 2.68. The molecule has 2 aromatic rings. The third-order valence-electron chi connectivity index (χ3n) is 4.15. The average molecular weight is 389 g/mol. The second-order valence-electron chi connectivity index (χ2n) is 6.04. The number of carbonyl (C=O) groups is 1. The van der Waals surface area contributed by atoms with E-state index < -0.39 is 28.1 Å². The Morgan fingerprint density at radius 3 is 2.30 bits per heavy atom. The number of carbonyl (C=O) groups excluding carboxylic acids is 1. The van der Waals surface area contributed by atoms with Gasteiger partial charge in [0, 0.05) is 6.54 Å². The van der Waals surface area contributed by atoms with Crippen LogP contribution in [0.1, 0.15) is 11.1 Å². The molecular weight excluding hydrogens is 366 g/mol. The van der Waals surface area contributed by atoms with Gasteiger partial charge in [-0.05, 0) is 24.6 Å². The maximum atomic E-state index is 13.3. The molecule has 0 amide bonds. The molecule has 0 spiro atoms. The summed E-state index contributed by atoms with van der Waals surface area (Å²) in [6, 6.07) is 14.1. The third kappa shape index (κ3) is 4.82. The van der Waals surface area contributed by atoms with Crippen LogP contribution in [0.25, 0.3) is 0 Å². The maximum absolute atomic E-state index is 13.3. The van der Waals surface area contributed by atoms with E-state index in [0.717, 1.165) is 17.0 Å². The van der Waals surface area contributed by atoms with Crippen LogP contribution in [0.15, 0.2) is 72.1 Å². The summed E-state index contributed by atoms with van der Waals surface area (Å²) in [7, 11) is -2.89. The number of hydrogen-bond acceptors (Lipinski definition) is 5. The fourth-order valence-corrected chi connectivity index (χ4v) is 4.22. The van der Waals surface area contributed by atoms with E-state index in [1.54, 1.807) is 36.4 Å². The lowest BCUT2D eigenvalue weighted by atomic mass is 10.1. The van der Waals surface area contributed by atoms with Gasteiger partial charge in [0.25, 0.3) is 0 Å². The van der Waals surface area contributed by atoms with Gasteiger partial charge in [-0.25, -0.2) is 13.2 Å². The van der Waals surface area contributed by atoms with Crippen molar-refractivity contribution in [1.29, 1.82) is 0 Å². The Bertz CT molecular complexity index is 878. The smallest absolute Gasteiger partial charge is 0.336 e. The topological polar surface area (TPSA) is 83.9 Å². The highest BCUT2D eigenvalue weighted by molar-refractivity contribution is 7.89. The van der Waals surface area contributed by atoms with Crippen LogP contribution in [-0.2, 0) is 26.1 Å². The number of benzene rings is 2. The summed E-state index contributed by atoms with van der Waals surface area (Å²) in [5.41, 5.74) is 1.62. The molecule has 0 saturated carbocycles. The zero-order valence-electron chi connectivity index (χ0n) is 15.3. The number of aliphatic hydroxyl groups excluding tert-OH is 1. The molecular formula is C20H23NO5S. The Morgan fingerprint density at radius 2 is 1.78 bits per heavy atom. The first-order chi connectivity index (χ1) is 12.8. The number of nitrogens with zero attached hydrogens (tertiary/aromatic N) is 1. The Kier molecular flexibility index (Phi) is 6.90. The van der Waals surface area contributed by atoms with Crippen molar-refractivity contribution in [3.63, 3.8) is 0 Å². The normalized spacial score (nSPS) is 13.8. The molecule has 2 aromatic carbocycles. The number of rotatable bonds is 8. The van der Waals surface area contributed by atoms with E-state index in [-0.39, 0.29) is 11.4 Å². The molecule has 0 aliphatic rings. The van der Waals surface area contributed by atoms with E-state index in [1.165, 1.54) is 18.2 Å². The largest absolute Gasteiger partial charge is 0.467 e. The predicted octanol–water partition coefficient (Wildman–Crippen LogP) is 2.27. The monoisotopic (exact) mass is 389 g/mol. The van der Waals surface area contributed by atoms with Crippen molar-refractivity contribution >= 4 is 16.0 Å². The van der Waals surface area contributed by atoms with Crippen LogP contribution >= 0.6 is 0 Å². The molecule has 0 aromatic heterocycles. The summed E-state index contributed by atoms with van der Waals surface area (Å²) in [6.45, 7) is 5.42. The second-order valence-corrected chi connectivity index (χ2v) is 7.93. The van der Waals surface area contributed by atoms with Crippen molar-refractivity contribution in [3.8, 4) is 0 Å². The van der Waals surface area contributed by atoms with Gasteiger partial charge in [0.15, 0.2) is 6.10 Å². The number of aryl methyl sites for hydroxylation is 1. The van der Waals surface area contributed by atoms with Gasteiger partial charge in [-0.15, -0.1) is 6.58 Å². The Morgan fingerprint density at radius 1 is 1.19 bits per heavy atom. The molecule has 144 valence electrons. The summed E-state index contributed by atoms with van der Waals surface area (Å²) in [5.74, 6) is -0.933. The summed E-state index contributed by atoms with van der Waals surface area (Å²) < 4.78 is 32.2. The molecule has 2 atom stereocenters. The first-order valence-corrected chi connectivity index (χ1v) is 9.76. The predicted molar refractivity (Wildman–Crippen MR) is 102 cm³/mol. The molecule has 0 heterocycles. The first-order valence-electron chi connectivity index (χ1n) is 8.32. The minimum absolute atomic E-state index is 0.0399. The molecule has 0 aliphatic carbocycles.